The number of carbonyl (C=O) groups excluding carboxylic acids is 1. The predicted octanol–water partition coefficient (Wildman–Crippen LogP) is 4.53. The van der Waals surface area contributed by atoms with Gasteiger partial charge in [-0.3, -0.25) is 9.59 Å². The van der Waals surface area contributed by atoms with Gasteiger partial charge >= 0.3 is 5.97 Å². The van der Waals surface area contributed by atoms with Crippen molar-refractivity contribution < 1.29 is 14.7 Å². The Morgan fingerprint density at radius 1 is 1.16 bits per heavy atom. The maximum Gasteiger partial charge on any atom is 0.306 e. The molecule has 5 rings (SSSR count). The highest BCUT2D eigenvalue weighted by molar-refractivity contribution is 7.17. The Morgan fingerprint density at radius 2 is 2.00 bits per heavy atom. The van der Waals surface area contributed by atoms with Crippen LogP contribution in [-0.2, 0) is 11.3 Å². The molecule has 1 amide bonds. The molecule has 1 fully saturated rings. The van der Waals surface area contributed by atoms with E-state index in [4.69, 9.17) is 0 Å². The molecule has 7 nitrogen and oxygen atoms in total. The number of nitrogens with zero attached hydrogens (tertiary/aromatic N) is 3. The summed E-state index contributed by atoms with van der Waals surface area (Å²) in [4.78, 5) is 24.2. The number of thiophene rings is 1. The van der Waals surface area contributed by atoms with Gasteiger partial charge in [0, 0.05) is 42.3 Å². The van der Waals surface area contributed by atoms with Crippen molar-refractivity contribution in [2.75, 3.05) is 0 Å². The molecule has 1 saturated carbocycles. The first-order valence-corrected chi connectivity index (χ1v) is 11.9. The average Bonchev–Trinajstić information content (AvgIpc) is 3.54. The molecular formula is C24H26N4O3S. The lowest BCUT2D eigenvalue weighted by molar-refractivity contribution is -0.142. The molecule has 32 heavy (non-hydrogen) atoms. The summed E-state index contributed by atoms with van der Waals surface area (Å²) in [5.74, 6) is -1.07. The number of aromatic nitrogens is 3. The molecule has 0 aromatic carbocycles. The third kappa shape index (κ3) is 4.14. The predicted molar refractivity (Wildman–Crippen MR) is 124 cm³/mol. The summed E-state index contributed by atoms with van der Waals surface area (Å²) in [6.07, 6.45) is 14.7. The molecular weight excluding hydrogens is 424 g/mol. The molecule has 3 aromatic heterocycles. The van der Waals surface area contributed by atoms with Crippen LogP contribution in [0.15, 0.2) is 53.8 Å². The fraction of sp³-hybridized carbons (Fsp3) is 0.375. The monoisotopic (exact) mass is 450 g/mol. The van der Waals surface area contributed by atoms with E-state index in [-0.39, 0.29) is 17.9 Å². The van der Waals surface area contributed by atoms with E-state index >= 15 is 0 Å². The fourth-order valence-electron chi connectivity index (χ4n) is 4.70. The minimum Gasteiger partial charge on any atom is -0.481 e. The molecule has 2 aliphatic rings. The van der Waals surface area contributed by atoms with E-state index in [1.807, 2.05) is 22.3 Å². The second-order valence-electron chi connectivity index (χ2n) is 8.60. The number of fused-ring (bicyclic) bond motifs is 1. The summed E-state index contributed by atoms with van der Waals surface area (Å²) in [6.45, 7) is 0.757. The lowest BCUT2D eigenvalue weighted by Crippen LogP contribution is -2.38. The number of carboxylic acids is 1. The van der Waals surface area contributed by atoms with Gasteiger partial charge in [-0.05, 0) is 56.7 Å². The number of carbonyl (C=O) groups is 2. The summed E-state index contributed by atoms with van der Waals surface area (Å²) in [7, 11) is 0. The second kappa shape index (κ2) is 8.78. The number of carboxylic acid groups (broad SMARTS) is 1. The molecule has 0 spiro atoms. The van der Waals surface area contributed by atoms with Crippen molar-refractivity contribution in [3.8, 4) is 0 Å². The second-order valence-corrected chi connectivity index (χ2v) is 9.51. The van der Waals surface area contributed by atoms with Crippen molar-refractivity contribution in [1.82, 2.24) is 19.7 Å². The first kappa shape index (κ1) is 20.8. The Labute approximate surface area is 190 Å². The number of hydrogen-bond donors (Lipinski definition) is 2. The minimum atomic E-state index is -0.726. The van der Waals surface area contributed by atoms with E-state index in [9.17, 15) is 14.7 Å². The van der Waals surface area contributed by atoms with Crippen molar-refractivity contribution in [1.29, 1.82) is 0 Å². The first-order valence-electron chi connectivity index (χ1n) is 11.1. The molecule has 0 atom stereocenters. The van der Waals surface area contributed by atoms with Gasteiger partial charge in [0.2, 0.25) is 0 Å². The topological polar surface area (TPSA) is 89.2 Å². The third-order valence-corrected chi connectivity index (χ3v) is 7.46. The van der Waals surface area contributed by atoms with E-state index in [2.05, 4.69) is 39.4 Å². The lowest BCUT2D eigenvalue weighted by atomic mass is 9.86. The third-order valence-electron chi connectivity index (χ3n) is 6.53. The zero-order chi connectivity index (χ0) is 22.1. The van der Waals surface area contributed by atoms with Gasteiger partial charge in [-0.25, -0.2) is 4.68 Å². The molecule has 3 aromatic rings. The molecule has 2 N–H and O–H groups in total. The summed E-state index contributed by atoms with van der Waals surface area (Å²) in [6, 6.07) is 4.05. The Morgan fingerprint density at radius 3 is 2.69 bits per heavy atom. The lowest BCUT2D eigenvalue weighted by Gasteiger charge is -2.26. The van der Waals surface area contributed by atoms with Crippen molar-refractivity contribution >= 4 is 39.1 Å². The average molecular weight is 451 g/mol. The summed E-state index contributed by atoms with van der Waals surface area (Å²) in [5.41, 5.74) is 4.20. The summed E-state index contributed by atoms with van der Waals surface area (Å²) < 4.78 is 5.18. The number of allylic oxidation sites excluding steroid dienone is 4. The SMILES string of the molecule is O=C(NC1CCC(C(=O)O)CC1)c1csc2ccn(CC3=CC=C(n4cccn4)CC3)c12. The highest BCUT2D eigenvalue weighted by Crippen LogP contribution is 2.31. The van der Waals surface area contributed by atoms with Crippen LogP contribution < -0.4 is 5.32 Å². The Balaban J connectivity index is 1.29. The van der Waals surface area contributed by atoms with Gasteiger partial charge < -0.3 is 15.0 Å². The number of nitrogens with one attached hydrogen (secondary N) is 1. The first-order chi connectivity index (χ1) is 15.6. The Hall–Kier alpha value is -3.13. The Kier molecular flexibility index (Phi) is 5.70. The molecule has 166 valence electrons. The van der Waals surface area contributed by atoms with Gasteiger partial charge in [0.15, 0.2) is 0 Å². The minimum absolute atomic E-state index is 0.0448. The van der Waals surface area contributed by atoms with Crippen molar-refractivity contribution in [3.63, 3.8) is 0 Å². The zero-order valence-corrected chi connectivity index (χ0v) is 18.6. The van der Waals surface area contributed by atoms with Gasteiger partial charge in [-0.15, -0.1) is 11.3 Å². The van der Waals surface area contributed by atoms with Gasteiger partial charge in [0.1, 0.15) is 0 Å². The van der Waals surface area contributed by atoms with Gasteiger partial charge in [0.05, 0.1) is 21.7 Å². The van der Waals surface area contributed by atoms with Crippen LogP contribution in [0.5, 0.6) is 0 Å². The van der Waals surface area contributed by atoms with E-state index in [1.54, 1.807) is 17.5 Å². The standard InChI is InChI=1S/C24H26N4O3S/c29-23(26-18-6-4-17(5-7-18)24(30)31)20-15-32-21-10-13-27(22(20)21)14-16-2-8-19(9-3-16)28-12-1-11-25-28/h1-2,8,10-13,15,17-18H,3-7,9,14H2,(H,26,29)(H,30,31). The highest BCUT2D eigenvalue weighted by Gasteiger charge is 2.27. The van der Waals surface area contributed by atoms with Crippen LogP contribution >= 0.6 is 11.3 Å². The quantitative estimate of drug-likeness (QED) is 0.577. The highest BCUT2D eigenvalue weighted by atomic mass is 32.1. The van der Waals surface area contributed by atoms with E-state index in [0.717, 1.165) is 42.4 Å². The van der Waals surface area contributed by atoms with E-state index in [1.165, 1.54) is 11.3 Å². The number of rotatable bonds is 6. The van der Waals surface area contributed by atoms with E-state index in [0.29, 0.717) is 18.4 Å². The van der Waals surface area contributed by atoms with Crippen LogP contribution in [0.25, 0.3) is 15.9 Å². The molecule has 0 aliphatic heterocycles. The summed E-state index contributed by atoms with van der Waals surface area (Å²) in [5, 5.41) is 18.6. The van der Waals surface area contributed by atoms with Gasteiger partial charge in [0.25, 0.3) is 5.91 Å². The smallest absolute Gasteiger partial charge is 0.306 e. The largest absolute Gasteiger partial charge is 0.481 e. The van der Waals surface area contributed by atoms with Crippen LogP contribution in [0, 0.1) is 5.92 Å². The van der Waals surface area contributed by atoms with Crippen LogP contribution in [0.4, 0.5) is 0 Å². The van der Waals surface area contributed by atoms with Gasteiger partial charge in [-0.2, -0.15) is 5.10 Å². The molecule has 0 unspecified atom stereocenters. The molecule has 0 saturated heterocycles. The molecule has 2 aliphatic carbocycles. The molecule has 0 radical (unpaired) electrons. The van der Waals surface area contributed by atoms with E-state index < -0.39 is 5.97 Å². The van der Waals surface area contributed by atoms with Crippen molar-refractivity contribution in [3.05, 3.63) is 59.4 Å². The summed E-state index contributed by atoms with van der Waals surface area (Å²) >= 11 is 1.59. The molecule has 3 heterocycles. The van der Waals surface area contributed by atoms with Crippen molar-refractivity contribution in [2.24, 2.45) is 5.92 Å². The molecule has 8 heteroatoms. The maximum atomic E-state index is 13.1. The normalized spacial score (nSPS) is 21.2. The Bertz CT molecular complexity index is 1190. The number of amides is 1. The van der Waals surface area contributed by atoms with Gasteiger partial charge in [-0.1, -0.05) is 11.6 Å². The number of aliphatic carboxylic acids is 1. The van der Waals surface area contributed by atoms with Crippen LogP contribution in [0.2, 0.25) is 0 Å². The van der Waals surface area contributed by atoms with Crippen molar-refractivity contribution in [2.45, 2.75) is 51.1 Å². The zero-order valence-electron chi connectivity index (χ0n) is 17.7. The van der Waals surface area contributed by atoms with Crippen LogP contribution in [0.3, 0.4) is 0 Å². The maximum absolute atomic E-state index is 13.1. The van der Waals surface area contributed by atoms with Crippen LogP contribution in [0.1, 0.15) is 48.9 Å². The van der Waals surface area contributed by atoms with Crippen LogP contribution in [-0.4, -0.2) is 37.4 Å². The molecule has 0 bridgehead atoms. The number of hydrogen-bond acceptors (Lipinski definition) is 4. The fourth-order valence-corrected chi connectivity index (χ4v) is 5.65.